The topological polar surface area (TPSA) is 65.5 Å². The number of carbonyl (C=O) groups is 2. The van der Waals surface area contributed by atoms with Crippen LogP contribution in [0.2, 0.25) is 0 Å². The molecule has 3 rings (SSSR count). The fourth-order valence-corrected chi connectivity index (χ4v) is 3.99. The fourth-order valence-electron chi connectivity index (χ4n) is 3.99. The molecule has 1 aliphatic carbocycles. The molecular formula is C20H22FNO4. The van der Waals surface area contributed by atoms with Crippen LogP contribution >= 0.6 is 0 Å². The summed E-state index contributed by atoms with van der Waals surface area (Å²) in [5.74, 6) is -2.10. The molecule has 0 amide bonds. The van der Waals surface area contributed by atoms with Crippen LogP contribution in [0.25, 0.3) is 10.9 Å². The van der Waals surface area contributed by atoms with Gasteiger partial charge in [0.2, 0.25) is 0 Å². The van der Waals surface area contributed by atoms with E-state index < -0.39 is 17.9 Å². The minimum atomic E-state index is -0.877. The van der Waals surface area contributed by atoms with E-state index in [0.29, 0.717) is 12.8 Å². The third-order valence-electron chi connectivity index (χ3n) is 5.33. The van der Waals surface area contributed by atoms with Crippen molar-refractivity contribution in [3.63, 3.8) is 0 Å². The van der Waals surface area contributed by atoms with Crippen LogP contribution in [-0.4, -0.2) is 31.1 Å². The molecule has 6 heteroatoms. The third-order valence-corrected chi connectivity index (χ3v) is 5.33. The first kappa shape index (κ1) is 18.3. The standard InChI is InChI=1S/C20H22FNO4/c1-25-19(23)18(20(24)26-2)13-5-3-12(4-6-13)15-9-10-22-17-8-7-14(21)11-16(15)17/h7-13,18H,3-6H2,1-2H3. The van der Waals surface area contributed by atoms with Crippen molar-refractivity contribution < 1.29 is 23.5 Å². The van der Waals surface area contributed by atoms with Gasteiger partial charge in [-0.25, -0.2) is 4.39 Å². The molecule has 0 saturated heterocycles. The summed E-state index contributed by atoms with van der Waals surface area (Å²) in [6.07, 6.45) is 4.78. The van der Waals surface area contributed by atoms with Crippen molar-refractivity contribution in [1.29, 1.82) is 0 Å². The summed E-state index contributed by atoms with van der Waals surface area (Å²) in [6, 6.07) is 6.55. The molecule has 0 aliphatic heterocycles. The number of nitrogens with zero attached hydrogens (tertiary/aromatic N) is 1. The first-order valence-electron chi connectivity index (χ1n) is 8.75. The maximum Gasteiger partial charge on any atom is 0.320 e. The van der Waals surface area contributed by atoms with Gasteiger partial charge < -0.3 is 9.47 Å². The van der Waals surface area contributed by atoms with Crippen LogP contribution < -0.4 is 0 Å². The summed E-state index contributed by atoms with van der Waals surface area (Å²) in [6.45, 7) is 0. The Morgan fingerprint density at radius 3 is 2.35 bits per heavy atom. The third kappa shape index (κ3) is 3.54. The largest absolute Gasteiger partial charge is 0.468 e. The van der Waals surface area contributed by atoms with E-state index in [1.807, 2.05) is 6.07 Å². The summed E-state index contributed by atoms with van der Waals surface area (Å²) in [7, 11) is 2.56. The highest BCUT2D eigenvalue weighted by atomic mass is 19.1. The highest BCUT2D eigenvalue weighted by Gasteiger charge is 2.39. The first-order chi connectivity index (χ1) is 12.5. The van der Waals surface area contributed by atoms with Gasteiger partial charge in [0.15, 0.2) is 5.92 Å². The van der Waals surface area contributed by atoms with Gasteiger partial charge in [-0.3, -0.25) is 14.6 Å². The number of fused-ring (bicyclic) bond motifs is 1. The Hall–Kier alpha value is -2.50. The van der Waals surface area contributed by atoms with Crippen molar-refractivity contribution in [1.82, 2.24) is 4.98 Å². The molecule has 2 aromatic rings. The number of benzene rings is 1. The average Bonchev–Trinajstić information content (AvgIpc) is 2.67. The zero-order chi connectivity index (χ0) is 18.7. The van der Waals surface area contributed by atoms with Crippen molar-refractivity contribution in [3.8, 4) is 0 Å². The van der Waals surface area contributed by atoms with Gasteiger partial charge in [-0.15, -0.1) is 0 Å². The molecule has 1 aliphatic rings. The van der Waals surface area contributed by atoms with Crippen LogP contribution in [-0.2, 0) is 19.1 Å². The van der Waals surface area contributed by atoms with Crippen LogP contribution in [0.5, 0.6) is 0 Å². The highest BCUT2D eigenvalue weighted by Crippen LogP contribution is 2.41. The van der Waals surface area contributed by atoms with E-state index in [1.54, 1.807) is 12.3 Å². The molecule has 0 atom stereocenters. The van der Waals surface area contributed by atoms with Gasteiger partial charge in [-0.05, 0) is 67.3 Å². The molecule has 138 valence electrons. The summed E-state index contributed by atoms with van der Waals surface area (Å²) in [5.41, 5.74) is 1.84. The van der Waals surface area contributed by atoms with Crippen molar-refractivity contribution in [3.05, 3.63) is 41.8 Å². The van der Waals surface area contributed by atoms with Crippen LogP contribution in [0, 0.1) is 17.7 Å². The predicted molar refractivity (Wildman–Crippen MR) is 93.9 cm³/mol. The maximum absolute atomic E-state index is 13.7. The van der Waals surface area contributed by atoms with Gasteiger partial charge >= 0.3 is 11.9 Å². The van der Waals surface area contributed by atoms with Crippen LogP contribution in [0.1, 0.15) is 37.2 Å². The minimum Gasteiger partial charge on any atom is -0.468 e. The van der Waals surface area contributed by atoms with Crippen LogP contribution in [0.4, 0.5) is 4.39 Å². The normalized spacial score (nSPS) is 20.2. The molecule has 5 nitrogen and oxygen atoms in total. The minimum absolute atomic E-state index is 0.101. The second-order valence-corrected chi connectivity index (χ2v) is 6.70. The van der Waals surface area contributed by atoms with Crippen LogP contribution in [0.15, 0.2) is 30.5 Å². The number of aromatic nitrogens is 1. The van der Waals surface area contributed by atoms with Gasteiger partial charge in [0, 0.05) is 11.6 Å². The molecule has 0 radical (unpaired) electrons. The van der Waals surface area contributed by atoms with E-state index in [2.05, 4.69) is 4.98 Å². The number of ether oxygens (including phenoxy) is 2. The quantitative estimate of drug-likeness (QED) is 0.616. The Kier molecular flexibility index (Phi) is 5.49. The molecule has 1 aromatic heterocycles. The molecule has 0 unspecified atom stereocenters. The van der Waals surface area contributed by atoms with E-state index >= 15 is 0 Å². The zero-order valence-electron chi connectivity index (χ0n) is 14.9. The van der Waals surface area contributed by atoms with Gasteiger partial charge in [-0.2, -0.15) is 0 Å². The molecule has 0 N–H and O–H groups in total. The average molecular weight is 359 g/mol. The van der Waals surface area contributed by atoms with Gasteiger partial charge in [0.05, 0.1) is 19.7 Å². The van der Waals surface area contributed by atoms with Gasteiger partial charge in [-0.1, -0.05) is 0 Å². The molecule has 1 fully saturated rings. The van der Waals surface area contributed by atoms with E-state index in [-0.39, 0.29) is 17.7 Å². The Bertz CT molecular complexity index is 799. The number of hydrogen-bond donors (Lipinski definition) is 0. The number of methoxy groups -OCH3 is 2. The smallest absolute Gasteiger partial charge is 0.320 e. The van der Waals surface area contributed by atoms with Crippen molar-refractivity contribution in [2.45, 2.75) is 31.6 Å². The second-order valence-electron chi connectivity index (χ2n) is 6.70. The van der Waals surface area contributed by atoms with E-state index in [0.717, 1.165) is 29.3 Å². The Balaban J connectivity index is 1.79. The number of carbonyl (C=O) groups excluding carboxylic acids is 2. The molecular weight excluding hydrogens is 337 g/mol. The van der Waals surface area contributed by atoms with Crippen molar-refractivity contribution in [2.24, 2.45) is 11.8 Å². The van der Waals surface area contributed by atoms with Crippen molar-refractivity contribution in [2.75, 3.05) is 14.2 Å². The van der Waals surface area contributed by atoms with E-state index in [1.165, 1.54) is 26.4 Å². The Morgan fingerprint density at radius 2 is 1.73 bits per heavy atom. The summed E-state index contributed by atoms with van der Waals surface area (Å²) in [4.78, 5) is 28.3. The van der Waals surface area contributed by atoms with Crippen molar-refractivity contribution >= 4 is 22.8 Å². The Morgan fingerprint density at radius 1 is 1.08 bits per heavy atom. The van der Waals surface area contributed by atoms with E-state index in [9.17, 15) is 14.0 Å². The molecule has 0 bridgehead atoms. The molecule has 0 spiro atoms. The number of esters is 2. The molecule has 1 aromatic carbocycles. The zero-order valence-corrected chi connectivity index (χ0v) is 14.9. The lowest BCUT2D eigenvalue weighted by Crippen LogP contribution is -2.35. The summed E-state index contributed by atoms with van der Waals surface area (Å²) < 4.78 is 23.2. The highest BCUT2D eigenvalue weighted by molar-refractivity contribution is 5.95. The molecule has 1 saturated carbocycles. The lowest BCUT2D eigenvalue weighted by molar-refractivity contribution is -0.162. The molecule has 26 heavy (non-hydrogen) atoms. The number of hydrogen-bond acceptors (Lipinski definition) is 5. The first-order valence-corrected chi connectivity index (χ1v) is 8.75. The SMILES string of the molecule is COC(=O)C(C(=O)OC)C1CCC(c2ccnc3ccc(F)cc23)CC1. The molecule has 1 heterocycles. The number of halogens is 1. The van der Waals surface area contributed by atoms with E-state index in [4.69, 9.17) is 9.47 Å². The monoisotopic (exact) mass is 359 g/mol. The van der Waals surface area contributed by atoms with Gasteiger partial charge in [0.1, 0.15) is 5.82 Å². The second kappa shape index (κ2) is 7.81. The summed E-state index contributed by atoms with van der Waals surface area (Å²) in [5, 5.41) is 0.827. The number of pyridine rings is 1. The Labute approximate surface area is 151 Å². The predicted octanol–water partition coefficient (Wildman–Crippen LogP) is 3.61. The number of rotatable bonds is 4. The van der Waals surface area contributed by atoms with Gasteiger partial charge in [0.25, 0.3) is 0 Å². The lowest BCUT2D eigenvalue weighted by atomic mass is 9.73. The van der Waals surface area contributed by atoms with Crippen LogP contribution in [0.3, 0.4) is 0 Å². The maximum atomic E-state index is 13.7. The summed E-state index contributed by atoms with van der Waals surface area (Å²) >= 11 is 0. The fraction of sp³-hybridized carbons (Fsp3) is 0.450. The lowest BCUT2D eigenvalue weighted by Gasteiger charge is -2.32.